The first-order valence-corrected chi connectivity index (χ1v) is 4.56. The van der Waals surface area contributed by atoms with Crippen LogP contribution in [0.3, 0.4) is 0 Å². The molecule has 0 radical (unpaired) electrons. The third-order valence-corrected chi connectivity index (χ3v) is 3.82. The summed E-state index contributed by atoms with van der Waals surface area (Å²) in [7, 11) is 0. The van der Waals surface area contributed by atoms with Crippen LogP contribution in [0.2, 0.25) is 0 Å². The average molecular weight is 142 g/mol. The Bertz CT molecular complexity index is 138. The van der Waals surface area contributed by atoms with Crippen LogP contribution < -0.4 is 0 Å². The van der Waals surface area contributed by atoms with Crippen molar-refractivity contribution in [2.45, 2.75) is 12.8 Å². The summed E-state index contributed by atoms with van der Waals surface area (Å²) in [6.45, 7) is 0. The number of hydrogen-bond donors (Lipinski definition) is 0. The van der Waals surface area contributed by atoms with E-state index >= 15 is 0 Å². The third kappa shape index (κ3) is 0.725. The predicted octanol–water partition coefficient (Wildman–Crippen LogP) is 1.33. The molecule has 0 aromatic carbocycles. The fourth-order valence-electron chi connectivity index (χ4n) is 1.65. The van der Waals surface area contributed by atoms with Crippen LogP contribution in [0.25, 0.3) is 0 Å². The minimum absolute atomic E-state index is 0.437. The Morgan fingerprint density at radius 2 is 2.56 bits per heavy atom. The maximum Gasteiger partial charge on any atom is 0.123 e. The first kappa shape index (κ1) is 5.78. The van der Waals surface area contributed by atoms with Crippen LogP contribution >= 0.6 is 11.8 Å². The molecule has 0 N–H and O–H groups in total. The molecule has 1 saturated heterocycles. The molecule has 2 fully saturated rings. The van der Waals surface area contributed by atoms with Crippen LogP contribution in [0.15, 0.2) is 0 Å². The quantitative estimate of drug-likeness (QED) is 0.514. The van der Waals surface area contributed by atoms with Crippen molar-refractivity contribution in [3.05, 3.63) is 0 Å². The Balaban J connectivity index is 2.04. The molecular weight excluding hydrogens is 132 g/mol. The van der Waals surface area contributed by atoms with Gasteiger partial charge in [-0.25, -0.2) is 0 Å². The van der Waals surface area contributed by atoms with E-state index in [2.05, 4.69) is 0 Å². The molecule has 1 spiro atoms. The molecule has 0 aromatic heterocycles. The smallest absolute Gasteiger partial charge is 0.123 e. The topological polar surface area (TPSA) is 17.1 Å². The zero-order chi connectivity index (χ0) is 6.32. The molecule has 1 aliphatic heterocycles. The second-order valence-electron chi connectivity index (χ2n) is 3.11. The molecular formula is C7H10OS. The van der Waals surface area contributed by atoms with Crippen molar-refractivity contribution in [1.29, 1.82) is 0 Å². The number of rotatable bonds is 1. The minimum atomic E-state index is 0.437. The molecule has 1 saturated carbocycles. The van der Waals surface area contributed by atoms with Gasteiger partial charge in [0.15, 0.2) is 0 Å². The molecule has 1 heterocycles. The number of aldehydes is 1. The highest BCUT2D eigenvalue weighted by atomic mass is 32.2. The van der Waals surface area contributed by atoms with E-state index in [9.17, 15) is 4.79 Å². The van der Waals surface area contributed by atoms with Crippen molar-refractivity contribution in [1.82, 2.24) is 0 Å². The summed E-state index contributed by atoms with van der Waals surface area (Å²) >= 11 is 2.00. The fourth-order valence-corrected chi connectivity index (χ4v) is 3.23. The van der Waals surface area contributed by atoms with Crippen molar-refractivity contribution in [3.63, 3.8) is 0 Å². The van der Waals surface area contributed by atoms with Crippen molar-refractivity contribution < 1.29 is 4.79 Å². The summed E-state index contributed by atoms with van der Waals surface area (Å²) in [6.07, 6.45) is 3.62. The summed E-state index contributed by atoms with van der Waals surface area (Å²) < 4.78 is 0. The van der Waals surface area contributed by atoms with Crippen LogP contribution in [0.5, 0.6) is 0 Å². The first-order chi connectivity index (χ1) is 4.37. The van der Waals surface area contributed by atoms with E-state index in [4.69, 9.17) is 0 Å². The van der Waals surface area contributed by atoms with E-state index in [1.165, 1.54) is 24.3 Å². The largest absolute Gasteiger partial charge is 0.303 e. The summed E-state index contributed by atoms with van der Waals surface area (Å²) in [5, 5.41) is 0. The number of carbonyl (C=O) groups excluding carboxylic acids is 1. The van der Waals surface area contributed by atoms with Crippen molar-refractivity contribution in [2.75, 3.05) is 11.5 Å². The average Bonchev–Trinajstić information content (AvgIpc) is 2.30. The Morgan fingerprint density at radius 3 is 3.00 bits per heavy atom. The predicted molar refractivity (Wildman–Crippen MR) is 38.5 cm³/mol. The highest BCUT2D eigenvalue weighted by molar-refractivity contribution is 7.99. The van der Waals surface area contributed by atoms with Gasteiger partial charge in [0.2, 0.25) is 0 Å². The molecule has 9 heavy (non-hydrogen) atoms. The van der Waals surface area contributed by atoms with E-state index < -0.39 is 0 Å². The maximum absolute atomic E-state index is 10.3. The van der Waals surface area contributed by atoms with E-state index in [-0.39, 0.29) is 0 Å². The van der Waals surface area contributed by atoms with E-state index in [0.717, 1.165) is 6.29 Å². The number of hydrogen-bond acceptors (Lipinski definition) is 2. The molecule has 2 heteroatoms. The second kappa shape index (κ2) is 1.75. The zero-order valence-electron chi connectivity index (χ0n) is 5.30. The fraction of sp³-hybridized carbons (Fsp3) is 0.857. The van der Waals surface area contributed by atoms with E-state index in [0.29, 0.717) is 11.3 Å². The molecule has 2 rings (SSSR count). The lowest BCUT2D eigenvalue weighted by Crippen LogP contribution is -2.01. The summed E-state index contributed by atoms with van der Waals surface area (Å²) in [4.78, 5) is 10.3. The molecule has 1 aliphatic carbocycles. The summed E-state index contributed by atoms with van der Waals surface area (Å²) in [5.74, 6) is 2.97. The van der Waals surface area contributed by atoms with Gasteiger partial charge in [-0.1, -0.05) is 0 Å². The van der Waals surface area contributed by atoms with Crippen LogP contribution in [-0.4, -0.2) is 17.8 Å². The van der Waals surface area contributed by atoms with E-state index in [1.54, 1.807) is 0 Å². The standard InChI is InChI=1S/C7H10OS/c8-4-6-3-7(6)1-2-9-5-7/h4,6H,1-3,5H2. The molecule has 50 valence electrons. The van der Waals surface area contributed by atoms with Crippen LogP contribution in [-0.2, 0) is 4.79 Å². The second-order valence-corrected chi connectivity index (χ2v) is 4.22. The van der Waals surface area contributed by atoms with Gasteiger partial charge in [-0.15, -0.1) is 0 Å². The van der Waals surface area contributed by atoms with Crippen molar-refractivity contribution in [2.24, 2.45) is 11.3 Å². The normalized spacial score (nSPS) is 47.8. The minimum Gasteiger partial charge on any atom is -0.303 e. The molecule has 2 unspecified atom stereocenters. The Labute approximate surface area is 59.2 Å². The van der Waals surface area contributed by atoms with Gasteiger partial charge in [-0.05, 0) is 29.8 Å². The van der Waals surface area contributed by atoms with Gasteiger partial charge in [-0.3, -0.25) is 0 Å². The number of thioether (sulfide) groups is 1. The Morgan fingerprint density at radius 1 is 1.67 bits per heavy atom. The van der Waals surface area contributed by atoms with E-state index in [1.807, 2.05) is 11.8 Å². The zero-order valence-corrected chi connectivity index (χ0v) is 6.12. The Kier molecular flexibility index (Phi) is 1.12. The molecule has 0 amide bonds. The van der Waals surface area contributed by atoms with Gasteiger partial charge in [0.25, 0.3) is 0 Å². The van der Waals surface area contributed by atoms with Gasteiger partial charge in [0, 0.05) is 5.92 Å². The van der Waals surface area contributed by atoms with Crippen molar-refractivity contribution in [3.8, 4) is 0 Å². The van der Waals surface area contributed by atoms with Gasteiger partial charge >= 0.3 is 0 Å². The van der Waals surface area contributed by atoms with Crippen LogP contribution in [0.4, 0.5) is 0 Å². The lowest BCUT2D eigenvalue weighted by molar-refractivity contribution is -0.109. The Hall–Kier alpha value is 0.0200. The van der Waals surface area contributed by atoms with Gasteiger partial charge in [-0.2, -0.15) is 11.8 Å². The molecule has 1 nitrogen and oxygen atoms in total. The highest BCUT2D eigenvalue weighted by Gasteiger charge is 2.55. The maximum atomic E-state index is 10.3. The third-order valence-electron chi connectivity index (χ3n) is 2.55. The monoisotopic (exact) mass is 142 g/mol. The highest BCUT2D eigenvalue weighted by Crippen LogP contribution is 2.59. The lowest BCUT2D eigenvalue weighted by Gasteiger charge is -1.99. The number of carbonyl (C=O) groups is 1. The van der Waals surface area contributed by atoms with Crippen LogP contribution in [0, 0.1) is 11.3 Å². The van der Waals surface area contributed by atoms with Gasteiger partial charge in [0.05, 0.1) is 0 Å². The SMILES string of the molecule is O=CC1CC12CCSC2. The summed E-state index contributed by atoms with van der Waals surface area (Å²) in [6, 6.07) is 0. The van der Waals surface area contributed by atoms with Gasteiger partial charge < -0.3 is 4.79 Å². The van der Waals surface area contributed by atoms with Crippen LogP contribution in [0.1, 0.15) is 12.8 Å². The molecule has 2 aliphatic rings. The molecule has 0 aromatic rings. The lowest BCUT2D eigenvalue weighted by atomic mass is 10.0. The molecule has 0 bridgehead atoms. The first-order valence-electron chi connectivity index (χ1n) is 3.40. The molecule has 2 atom stereocenters. The van der Waals surface area contributed by atoms with Gasteiger partial charge in [0.1, 0.15) is 6.29 Å². The van der Waals surface area contributed by atoms with Crippen molar-refractivity contribution >= 4 is 18.0 Å². The summed E-state index contributed by atoms with van der Waals surface area (Å²) in [5.41, 5.74) is 0.506.